The summed E-state index contributed by atoms with van der Waals surface area (Å²) in [7, 11) is -3.77. The Labute approximate surface area is 215 Å². The maximum Gasteiger partial charge on any atom is 0.261 e. The van der Waals surface area contributed by atoms with Gasteiger partial charge in [-0.2, -0.15) is 0 Å². The van der Waals surface area contributed by atoms with Crippen molar-refractivity contribution in [2.45, 2.75) is 30.8 Å². The lowest BCUT2D eigenvalue weighted by Crippen LogP contribution is -2.28. The first-order valence-corrected chi connectivity index (χ1v) is 13.5. The molecule has 1 aliphatic rings. The van der Waals surface area contributed by atoms with E-state index in [2.05, 4.69) is 10.0 Å². The first-order chi connectivity index (χ1) is 17.9. The normalized spacial score (nSPS) is 13.0. The molecule has 10 heteroatoms. The lowest BCUT2D eigenvalue weighted by molar-refractivity contribution is -0.126. The fourth-order valence-electron chi connectivity index (χ4n) is 3.69. The highest BCUT2D eigenvalue weighted by atomic mass is 32.2. The van der Waals surface area contributed by atoms with Crippen LogP contribution in [-0.4, -0.2) is 40.7 Å². The predicted octanol–water partition coefficient (Wildman–Crippen LogP) is 4.05. The molecular formula is C27H29FN2O6S. The summed E-state index contributed by atoms with van der Waals surface area (Å²) in [6, 6.07) is 17.5. The fourth-order valence-corrected chi connectivity index (χ4v) is 4.74. The largest absolute Gasteiger partial charge is 0.490 e. The molecule has 0 atom stereocenters. The van der Waals surface area contributed by atoms with Gasteiger partial charge in [0.2, 0.25) is 5.91 Å². The minimum absolute atomic E-state index is 0.0830. The number of hydrogen-bond acceptors (Lipinski definition) is 6. The molecule has 1 amide bonds. The van der Waals surface area contributed by atoms with Gasteiger partial charge in [-0.15, -0.1) is 0 Å². The van der Waals surface area contributed by atoms with E-state index in [1.165, 1.54) is 12.1 Å². The van der Waals surface area contributed by atoms with Crippen LogP contribution in [-0.2, 0) is 32.6 Å². The van der Waals surface area contributed by atoms with E-state index >= 15 is 0 Å². The number of aryl methyl sites for hydroxylation is 1. The zero-order valence-electron chi connectivity index (χ0n) is 20.2. The number of benzene rings is 3. The third kappa shape index (κ3) is 7.93. The van der Waals surface area contributed by atoms with Crippen LogP contribution in [0.4, 0.5) is 10.1 Å². The fraction of sp³-hybridized carbons (Fsp3) is 0.296. The van der Waals surface area contributed by atoms with Gasteiger partial charge in [-0.1, -0.05) is 24.3 Å². The molecule has 0 fully saturated rings. The van der Waals surface area contributed by atoms with Crippen molar-refractivity contribution in [2.24, 2.45) is 0 Å². The predicted molar refractivity (Wildman–Crippen MR) is 137 cm³/mol. The van der Waals surface area contributed by atoms with Crippen LogP contribution in [0.3, 0.4) is 0 Å². The highest BCUT2D eigenvalue weighted by Crippen LogP contribution is 2.33. The van der Waals surface area contributed by atoms with Crippen LogP contribution in [0, 0.1) is 5.82 Å². The Kier molecular flexibility index (Phi) is 8.97. The number of rotatable bonds is 11. The van der Waals surface area contributed by atoms with Crippen LogP contribution in [0.1, 0.15) is 24.0 Å². The molecule has 0 saturated carbocycles. The number of nitrogens with one attached hydrogen (secondary N) is 2. The molecular weight excluding hydrogens is 499 g/mol. The second kappa shape index (κ2) is 12.6. The van der Waals surface area contributed by atoms with E-state index in [9.17, 15) is 17.6 Å². The van der Waals surface area contributed by atoms with Crippen molar-refractivity contribution in [1.82, 2.24) is 5.32 Å². The standard InChI is InChI=1S/C27H29FN2O6S/c28-22-8-4-21(5-9-22)18-34-19-27(31)29-14-1-3-20-6-11-24(12-7-20)37(32,33)30-23-10-13-25-26(17-23)36-16-2-15-35-25/h4-13,17,30H,1-3,14-16,18-19H2,(H,29,31). The van der Waals surface area contributed by atoms with E-state index in [1.807, 2.05) is 0 Å². The van der Waals surface area contributed by atoms with Gasteiger partial charge in [-0.25, -0.2) is 12.8 Å². The second-order valence-corrected chi connectivity index (χ2v) is 10.2. The Morgan fingerprint density at radius 2 is 1.62 bits per heavy atom. The molecule has 37 heavy (non-hydrogen) atoms. The van der Waals surface area contributed by atoms with Crippen LogP contribution in [0.5, 0.6) is 11.5 Å². The summed E-state index contributed by atoms with van der Waals surface area (Å²) in [6.07, 6.45) is 2.12. The summed E-state index contributed by atoms with van der Waals surface area (Å²) >= 11 is 0. The van der Waals surface area contributed by atoms with Crippen molar-refractivity contribution in [3.05, 3.63) is 83.7 Å². The summed E-state index contributed by atoms with van der Waals surface area (Å²) in [5.41, 5.74) is 2.14. The molecule has 1 aliphatic heterocycles. The SMILES string of the molecule is O=C(COCc1ccc(F)cc1)NCCCc1ccc(S(=O)(=O)Nc2ccc3c(c2)OCCCO3)cc1. The van der Waals surface area contributed by atoms with Crippen molar-refractivity contribution in [1.29, 1.82) is 0 Å². The van der Waals surface area contributed by atoms with Gasteiger partial charge >= 0.3 is 0 Å². The first kappa shape index (κ1) is 26.4. The third-order valence-corrected chi connectivity index (χ3v) is 7.01. The molecule has 196 valence electrons. The zero-order valence-corrected chi connectivity index (χ0v) is 21.1. The molecule has 0 bridgehead atoms. The molecule has 0 spiro atoms. The Balaban J connectivity index is 1.19. The number of hydrogen-bond donors (Lipinski definition) is 2. The number of carbonyl (C=O) groups excluding carboxylic acids is 1. The van der Waals surface area contributed by atoms with E-state index in [0.29, 0.717) is 49.8 Å². The number of ether oxygens (including phenoxy) is 3. The van der Waals surface area contributed by atoms with E-state index in [-0.39, 0.29) is 29.8 Å². The highest BCUT2D eigenvalue weighted by Gasteiger charge is 2.17. The van der Waals surface area contributed by atoms with Crippen molar-refractivity contribution >= 4 is 21.6 Å². The molecule has 1 heterocycles. The second-order valence-electron chi connectivity index (χ2n) is 8.53. The van der Waals surface area contributed by atoms with Gasteiger partial charge in [0, 0.05) is 19.0 Å². The Morgan fingerprint density at radius 1 is 0.919 bits per heavy atom. The van der Waals surface area contributed by atoms with Crippen molar-refractivity contribution in [2.75, 3.05) is 31.1 Å². The lowest BCUT2D eigenvalue weighted by Gasteiger charge is -2.12. The van der Waals surface area contributed by atoms with E-state index in [1.54, 1.807) is 54.6 Å². The zero-order chi connectivity index (χ0) is 26.1. The van der Waals surface area contributed by atoms with Crippen LogP contribution >= 0.6 is 0 Å². The molecule has 0 radical (unpaired) electrons. The highest BCUT2D eigenvalue weighted by molar-refractivity contribution is 7.92. The van der Waals surface area contributed by atoms with Gasteiger partial charge in [-0.05, 0) is 60.4 Å². The van der Waals surface area contributed by atoms with E-state index in [0.717, 1.165) is 17.5 Å². The number of anilines is 1. The summed E-state index contributed by atoms with van der Waals surface area (Å²) < 4.78 is 57.7. The average molecular weight is 529 g/mol. The van der Waals surface area contributed by atoms with E-state index < -0.39 is 10.0 Å². The van der Waals surface area contributed by atoms with Crippen molar-refractivity contribution < 1.29 is 31.8 Å². The van der Waals surface area contributed by atoms with Crippen molar-refractivity contribution in [3.63, 3.8) is 0 Å². The van der Waals surface area contributed by atoms with Gasteiger partial charge in [0.15, 0.2) is 11.5 Å². The molecule has 8 nitrogen and oxygen atoms in total. The summed E-state index contributed by atoms with van der Waals surface area (Å²) in [6.45, 7) is 1.68. The molecule has 0 aromatic heterocycles. The van der Waals surface area contributed by atoms with Gasteiger partial charge < -0.3 is 19.5 Å². The van der Waals surface area contributed by atoms with Crippen LogP contribution in [0.2, 0.25) is 0 Å². The van der Waals surface area contributed by atoms with Crippen LogP contribution in [0.15, 0.2) is 71.6 Å². The number of amides is 1. The topological polar surface area (TPSA) is 103 Å². The Morgan fingerprint density at radius 3 is 2.38 bits per heavy atom. The van der Waals surface area contributed by atoms with Gasteiger partial charge in [0.05, 0.1) is 30.4 Å². The maximum absolute atomic E-state index is 12.9. The molecule has 2 N–H and O–H groups in total. The third-order valence-electron chi connectivity index (χ3n) is 5.61. The number of fused-ring (bicyclic) bond motifs is 1. The summed E-state index contributed by atoms with van der Waals surface area (Å²) in [4.78, 5) is 12.1. The maximum atomic E-state index is 12.9. The van der Waals surface area contributed by atoms with Crippen LogP contribution in [0.25, 0.3) is 0 Å². The number of halogens is 1. The molecule has 0 aliphatic carbocycles. The average Bonchev–Trinajstić information content (AvgIpc) is 3.13. The molecule has 0 unspecified atom stereocenters. The molecule has 3 aromatic carbocycles. The van der Waals surface area contributed by atoms with Gasteiger partial charge in [-0.3, -0.25) is 9.52 Å². The lowest BCUT2D eigenvalue weighted by atomic mass is 10.1. The quantitative estimate of drug-likeness (QED) is 0.364. The minimum Gasteiger partial charge on any atom is -0.490 e. The number of carbonyl (C=O) groups is 1. The monoisotopic (exact) mass is 528 g/mol. The summed E-state index contributed by atoms with van der Waals surface area (Å²) in [5.74, 6) is 0.559. The van der Waals surface area contributed by atoms with Crippen molar-refractivity contribution in [3.8, 4) is 11.5 Å². The van der Waals surface area contributed by atoms with E-state index in [4.69, 9.17) is 14.2 Å². The Bertz CT molecular complexity index is 1300. The number of sulfonamides is 1. The molecule has 3 aromatic rings. The smallest absolute Gasteiger partial charge is 0.261 e. The minimum atomic E-state index is -3.77. The van der Waals surface area contributed by atoms with Gasteiger partial charge in [0.1, 0.15) is 12.4 Å². The first-order valence-electron chi connectivity index (χ1n) is 12.0. The summed E-state index contributed by atoms with van der Waals surface area (Å²) in [5, 5.41) is 2.79. The van der Waals surface area contributed by atoms with Gasteiger partial charge in [0.25, 0.3) is 10.0 Å². The molecule has 0 saturated heterocycles. The Hall–Kier alpha value is -3.63. The molecule has 4 rings (SSSR count). The van der Waals surface area contributed by atoms with Crippen LogP contribution < -0.4 is 19.5 Å².